The third kappa shape index (κ3) is 4.85. The van der Waals surface area contributed by atoms with Crippen LogP contribution in [0.25, 0.3) is 0 Å². The summed E-state index contributed by atoms with van der Waals surface area (Å²) in [5.74, 6) is 0.102. The number of amides is 2. The number of anilines is 1. The number of benzene rings is 2. The lowest BCUT2D eigenvalue weighted by molar-refractivity contribution is -0.118. The van der Waals surface area contributed by atoms with Crippen LogP contribution in [0.2, 0.25) is 0 Å². The van der Waals surface area contributed by atoms with Gasteiger partial charge in [-0.25, -0.2) is 0 Å². The second kappa shape index (κ2) is 8.52. The predicted octanol–water partition coefficient (Wildman–Crippen LogP) is 3.71. The minimum absolute atomic E-state index is 0.0521. The highest BCUT2D eigenvalue weighted by Crippen LogP contribution is 2.16. The zero-order valence-electron chi connectivity index (χ0n) is 15.9. The van der Waals surface area contributed by atoms with Crippen molar-refractivity contribution in [2.75, 3.05) is 12.4 Å². The Morgan fingerprint density at radius 1 is 0.962 bits per heavy atom. The molecule has 2 aromatic rings. The minimum Gasteiger partial charge on any atom is -0.497 e. The largest absolute Gasteiger partial charge is 0.497 e. The van der Waals surface area contributed by atoms with Gasteiger partial charge in [0.2, 0.25) is 5.91 Å². The molecule has 138 valence electrons. The SMILES string of the molecule is COc1ccc(C(=O)N[C@H](C(=O)Nc2ccc(C)c(C)c2)C(C)C)cc1. The number of ether oxygens (including phenoxy) is 1. The van der Waals surface area contributed by atoms with Gasteiger partial charge in [-0.2, -0.15) is 0 Å². The molecule has 0 fully saturated rings. The topological polar surface area (TPSA) is 67.4 Å². The highest BCUT2D eigenvalue weighted by atomic mass is 16.5. The lowest BCUT2D eigenvalue weighted by Gasteiger charge is -2.22. The lowest BCUT2D eigenvalue weighted by atomic mass is 10.0. The first-order valence-electron chi connectivity index (χ1n) is 8.65. The fourth-order valence-corrected chi connectivity index (χ4v) is 2.54. The van der Waals surface area contributed by atoms with E-state index in [1.807, 2.05) is 45.9 Å². The number of hydrogen-bond donors (Lipinski definition) is 2. The average Bonchev–Trinajstić information content (AvgIpc) is 2.62. The number of aryl methyl sites for hydroxylation is 2. The zero-order valence-corrected chi connectivity index (χ0v) is 15.9. The molecule has 26 heavy (non-hydrogen) atoms. The summed E-state index contributed by atoms with van der Waals surface area (Å²) < 4.78 is 5.10. The molecule has 5 heteroatoms. The Bertz CT molecular complexity index is 782. The van der Waals surface area contributed by atoms with Crippen molar-refractivity contribution >= 4 is 17.5 Å². The standard InChI is InChI=1S/C21H26N2O3/c1-13(2)19(21(25)22-17-9-6-14(3)15(4)12-17)23-20(24)16-7-10-18(26-5)11-8-16/h6-13,19H,1-5H3,(H,22,25)(H,23,24)/t19-/m0/s1. The van der Waals surface area contributed by atoms with E-state index < -0.39 is 6.04 Å². The van der Waals surface area contributed by atoms with E-state index in [0.717, 1.165) is 16.8 Å². The van der Waals surface area contributed by atoms with Crippen molar-refractivity contribution in [1.82, 2.24) is 5.32 Å². The smallest absolute Gasteiger partial charge is 0.251 e. The summed E-state index contributed by atoms with van der Waals surface area (Å²) in [7, 11) is 1.57. The Morgan fingerprint density at radius 2 is 1.62 bits per heavy atom. The maximum atomic E-state index is 12.7. The van der Waals surface area contributed by atoms with Crippen LogP contribution in [-0.4, -0.2) is 25.0 Å². The van der Waals surface area contributed by atoms with E-state index in [2.05, 4.69) is 10.6 Å². The Balaban J connectivity index is 2.10. The molecule has 2 N–H and O–H groups in total. The molecule has 0 saturated carbocycles. The van der Waals surface area contributed by atoms with Crippen LogP contribution in [0.15, 0.2) is 42.5 Å². The predicted molar refractivity (Wildman–Crippen MR) is 104 cm³/mol. The molecule has 2 amide bonds. The van der Waals surface area contributed by atoms with Gasteiger partial charge in [0.1, 0.15) is 11.8 Å². The van der Waals surface area contributed by atoms with Crippen molar-refractivity contribution in [3.63, 3.8) is 0 Å². The molecule has 1 atom stereocenters. The van der Waals surface area contributed by atoms with Crippen molar-refractivity contribution < 1.29 is 14.3 Å². The van der Waals surface area contributed by atoms with Crippen LogP contribution in [0.5, 0.6) is 5.75 Å². The van der Waals surface area contributed by atoms with Gasteiger partial charge in [0.05, 0.1) is 7.11 Å². The minimum atomic E-state index is -0.633. The molecule has 0 radical (unpaired) electrons. The van der Waals surface area contributed by atoms with Gasteiger partial charge in [-0.1, -0.05) is 19.9 Å². The van der Waals surface area contributed by atoms with Gasteiger partial charge in [-0.05, 0) is 67.3 Å². The molecule has 0 aliphatic carbocycles. The van der Waals surface area contributed by atoms with E-state index in [9.17, 15) is 9.59 Å². The van der Waals surface area contributed by atoms with E-state index in [-0.39, 0.29) is 17.7 Å². The Hall–Kier alpha value is -2.82. The fourth-order valence-electron chi connectivity index (χ4n) is 2.54. The van der Waals surface area contributed by atoms with E-state index in [0.29, 0.717) is 11.3 Å². The summed E-state index contributed by atoms with van der Waals surface area (Å²) in [4.78, 5) is 25.2. The molecular weight excluding hydrogens is 328 g/mol. The third-order valence-corrected chi connectivity index (χ3v) is 4.36. The van der Waals surface area contributed by atoms with Crippen LogP contribution in [0.1, 0.15) is 35.3 Å². The Labute approximate surface area is 154 Å². The normalized spacial score (nSPS) is 11.8. The molecule has 0 aliphatic heterocycles. The summed E-state index contributed by atoms with van der Waals surface area (Å²) >= 11 is 0. The number of carbonyl (C=O) groups is 2. The molecule has 0 spiro atoms. The van der Waals surface area contributed by atoms with Crippen molar-refractivity contribution in [2.45, 2.75) is 33.7 Å². The summed E-state index contributed by atoms with van der Waals surface area (Å²) in [6.45, 7) is 7.82. The van der Waals surface area contributed by atoms with Gasteiger partial charge in [-0.3, -0.25) is 9.59 Å². The molecule has 0 unspecified atom stereocenters. The van der Waals surface area contributed by atoms with Crippen molar-refractivity contribution in [3.05, 3.63) is 59.2 Å². The molecule has 0 aliphatic rings. The second-order valence-electron chi connectivity index (χ2n) is 6.71. The maximum Gasteiger partial charge on any atom is 0.251 e. The van der Waals surface area contributed by atoms with Crippen molar-refractivity contribution in [2.24, 2.45) is 5.92 Å². The summed E-state index contributed by atoms with van der Waals surface area (Å²) in [5.41, 5.74) is 3.47. The zero-order chi connectivity index (χ0) is 19.3. The first-order valence-corrected chi connectivity index (χ1v) is 8.65. The second-order valence-corrected chi connectivity index (χ2v) is 6.71. The third-order valence-electron chi connectivity index (χ3n) is 4.36. The van der Waals surface area contributed by atoms with Crippen LogP contribution in [0.4, 0.5) is 5.69 Å². The van der Waals surface area contributed by atoms with Crippen molar-refractivity contribution in [1.29, 1.82) is 0 Å². The number of nitrogens with one attached hydrogen (secondary N) is 2. The number of rotatable bonds is 6. The molecule has 0 aromatic heterocycles. The first-order chi connectivity index (χ1) is 12.3. The van der Waals surface area contributed by atoms with Crippen LogP contribution < -0.4 is 15.4 Å². The number of methoxy groups -OCH3 is 1. The van der Waals surface area contributed by atoms with Gasteiger partial charge >= 0.3 is 0 Å². The average molecular weight is 354 g/mol. The van der Waals surface area contributed by atoms with Gasteiger partial charge in [-0.15, -0.1) is 0 Å². The Kier molecular flexibility index (Phi) is 6.39. The van der Waals surface area contributed by atoms with Gasteiger partial charge in [0.15, 0.2) is 0 Å². The van der Waals surface area contributed by atoms with E-state index in [1.54, 1.807) is 31.4 Å². The highest BCUT2D eigenvalue weighted by molar-refractivity contribution is 6.01. The Morgan fingerprint density at radius 3 is 2.15 bits per heavy atom. The molecule has 5 nitrogen and oxygen atoms in total. The van der Waals surface area contributed by atoms with Crippen LogP contribution in [-0.2, 0) is 4.79 Å². The van der Waals surface area contributed by atoms with Gasteiger partial charge in [0, 0.05) is 11.3 Å². The molecule has 0 heterocycles. The first kappa shape index (κ1) is 19.5. The maximum absolute atomic E-state index is 12.7. The number of hydrogen-bond acceptors (Lipinski definition) is 3. The molecule has 0 saturated heterocycles. The summed E-state index contributed by atoms with van der Waals surface area (Å²) in [5, 5.41) is 5.72. The lowest BCUT2D eigenvalue weighted by Crippen LogP contribution is -2.47. The molecular formula is C21H26N2O3. The van der Waals surface area contributed by atoms with Crippen LogP contribution >= 0.6 is 0 Å². The van der Waals surface area contributed by atoms with Gasteiger partial charge in [0.25, 0.3) is 5.91 Å². The quantitative estimate of drug-likeness (QED) is 0.831. The summed E-state index contributed by atoms with van der Waals surface area (Å²) in [6.07, 6.45) is 0. The summed E-state index contributed by atoms with van der Waals surface area (Å²) in [6, 6.07) is 11.9. The monoisotopic (exact) mass is 354 g/mol. The molecule has 2 rings (SSSR count). The van der Waals surface area contributed by atoms with E-state index in [4.69, 9.17) is 4.74 Å². The van der Waals surface area contributed by atoms with E-state index >= 15 is 0 Å². The highest BCUT2D eigenvalue weighted by Gasteiger charge is 2.25. The number of carbonyl (C=O) groups excluding carboxylic acids is 2. The fraction of sp³-hybridized carbons (Fsp3) is 0.333. The molecule has 2 aromatic carbocycles. The van der Waals surface area contributed by atoms with Crippen LogP contribution in [0.3, 0.4) is 0 Å². The van der Waals surface area contributed by atoms with Crippen molar-refractivity contribution in [3.8, 4) is 5.75 Å². The van der Waals surface area contributed by atoms with Gasteiger partial charge < -0.3 is 15.4 Å². The molecule has 0 bridgehead atoms. The van der Waals surface area contributed by atoms with Crippen LogP contribution in [0, 0.1) is 19.8 Å². The van der Waals surface area contributed by atoms with E-state index in [1.165, 1.54) is 0 Å².